The molecule has 2 aliphatic rings. The molecule has 0 aromatic heterocycles. The summed E-state index contributed by atoms with van der Waals surface area (Å²) in [5, 5.41) is 11.0. The number of nitrogens with zero attached hydrogens (tertiary/aromatic N) is 1. The topological polar surface area (TPSA) is 59.0 Å². The van der Waals surface area contributed by atoms with Gasteiger partial charge in [0.25, 0.3) is 0 Å². The van der Waals surface area contributed by atoms with Crippen molar-refractivity contribution in [3.05, 3.63) is 98.1 Å². The quantitative estimate of drug-likeness (QED) is 0.685. The van der Waals surface area contributed by atoms with E-state index in [1.54, 1.807) is 0 Å². The van der Waals surface area contributed by atoms with Gasteiger partial charge in [-0.25, -0.2) is 0 Å². The molecule has 3 nitrogen and oxygen atoms in total. The number of rotatable bonds is 2. The lowest BCUT2D eigenvalue weighted by molar-refractivity contribution is 0.292. The Balaban J connectivity index is 1.78. The molecule has 134 valence electrons. The van der Waals surface area contributed by atoms with Gasteiger partial charge in [-0.05, 0) is 65.5 Å². The number of benzene rings is 2. The van der Waals surface area contributed by atoms with Crippen LogP contribution in [0, 0.1) is 11.3 Å². The van der Waals surface area contributed by atoms with Gasteiger partial charge in [0.05, 0.1) is 0 Å². The van der Waals surface area contributed by atoms with Crippen molar-refractivity contribution >= 4 is 29.3 Å². The number of nitrogens with two attached hydrogens (primary N) is 1. The van der Waals surface area contributed by atoms with Gasteiger partial charge in [-0.2, -0.15) is 5.26 Å². The van der Waals surface area contributed by atoms with Crippen LogP contribution in [0.4, 0.5) is 0 Å². The van der Waals surface area contributed by atoms with Crippen LogP contribution in [0.5, 0.6) is 0 Å². The molecule has 27 heavy (non-hydrogen) atoms. The van der Waals surface area contributed by atoms with E-state index in [2.05, 4.69) is 12.1 Å². The van der Waals surface area contributed by atoms with Crippen molar-refractivity contribution in [3.8, 4) is 6.07 Å². The van der Waals surface area contributed by atoms with Crippen molar-refractivity contribution < 1.29 is 4.74 Å². The molecule has 2 aromatic carbocycles. The van der Waals surface area contributed by atoms with Crippen molar-refractivity contribution in [2.45, 2.75) is 18.8 Å². The third-order valence-electron chi connectivity index (χ3n) is 4.90. The van der Waals surface area contributed by atoms with Gasteiger partial charge in [0.1, 0.15) is 17.4 Å². The van der Waals surface area contributed by atoms with E-state index in [1.165, 1.54) is 0 Å². The molecular formula is C22H16Cl2N2O. The molecule has 1 aliphatic heterocycles. The number of allylic oxidation sites excluding steroid dienone is 3. The summed E-state index contributed by atoms with van der Waals surface area (Å²) < 4.78 is 5.89. The van der Waals surface area contributed by atoms with Crippen LogP contribution in [0.3, 0.4) is 0 Å². The summed E-state index contributed by atoms with van der Waals surface area (Å²) in [5.41, 5.74) is 10.8. The van der Waals surface area contributed by atoms with Gasteiger partial charge >= 0.3 is 0 Å². The minimum atomic E-state index is -0.202. The number of halogens is 2. The summed E-state index contributed by atoms with van der Waals surface area (Å²) in [7, 11) is 0. The molecule has 0 spiro atoms. The minimum absolute atomic E-state index is 0.167. The summed E-state index contributed by atoms with van der Waals surface area (Å²) >= 11 is 12.0. The molecule has 2 aromatic rings. The van der Waals surface area contributed by atoms with Gasteiger partial charge in [0.15, 0.2) is 0 Å². The molecule has 1 aliphatic carbocycles. The number of hydrogen-bond acceptors (Lipinski definition) is 3. The Morgan fingerprint density at radius 2 is 1.63 bits per heavy atom. The molecule has 4 rings (SSSR count). The van der Waals surface area contributed by atoms with Gasteiger partial charge in [-0.3, -0.25) is 0 Å². The van der Waals surface area contributed by atoms with Crippen molar-refractivity contribution in [3.63, 3.8) is 0 Å². The minimum Gasteiger partial charge on any atom is -0.440 e. The van der Waals surface area contributed by atoms with Crippen LogP contribution in [-0.4, -0.2) is 0 Å². The first-order chi connectivity index (χ1) is 13.1. The van der Waals surface area contributed by atoms with Crippen molar-refractivity contribution in [2.75, 3.05) is 0 Å². The second-order valence-corrected chi connectivity index (χ2v) is 7.42. The third-order valence-corrected chi connectivity index (χ3v) is 5.40. The largest absolute Gasteiger partial charge is 0.440 e. The second kappa shape index (κ2) is 7.15. The van der Waals surface area contributed by atoms with Crippen LogP contribution in [-0.2, 0) is 4.74 Å². The van der Waals surface area contributed by atoms with E-state index >= 15 is 0 Å². The monoisotopic (exact) mass is 394 g/mol. The summed E-state index contributed by atoms with van der Waals surface area (Å²) in [6.07, 6.45) is 3.74. The first-order valence-corrected chi connectivity index (χ1v) is 9.35. The third kappa shape index (κ3) is 3.35. The highest BCUT2D eigenvalue weighted by atomic mass is 35.5. The van der Waals surface area contributed by atoms with E-state index in [0.29, 0.717) is 15.6 Å². The van der Waals surface area contributed by atoms with Gasteiger partial charge in [-0.15, -0.1) is 0 Å². The highest BCUT2D eigenvalue weighted by molar-refractivity contribution is 6.30. The van der Waals surface area contributed by atoms with E-state index in [1.807, 2.05) is 48.5 Å². The van der Waals surface area contributed by atoms with Crippen LogP contribution in [0.25, 0.3) is 6.08 Å². The second-order valence-electron chi connectivity index (χ2n) is 6.55. The Bertz CT molecular complexity index is 1030. The lowest BCUT2D eigenvalue weighted by Gasteiger charge is -2.26. The Morgan fingerprint density at radius 3 is 2.26 bits per heavy atom. The van der Waals surface area contributed by atoms with Crippen LogP contribution < -0.4 is 5.73 Å². The number of ether oxygens (including phenoxy) is 1. The lowest BCUT2D eigenvalue weighted by atomic mass is 9.83. The highest BCUT2D eigenvalue weighted by Crippen LogP contribution is 2.48. The van der Waals surface area contributed by atoms with Gasteiger partial charge in [0, 0.05) is 16.0 Å². The Kier molecular flexibility index (Phi) is 4.70. The van der Waals surface area contributed by atoms with E-state index in [4.69, 9.17) is 33.7 Å². The normalized spacial score (nSPS) is 20.5. The molecule has 0 saturated heterocycles. The van der Waals surface area contributed by atoms with E-state index in [0.717, 1.165) is 40.9 Å². The molecule has 1 atom stereocenters. The maximum atomic E-state index is 9.65. The fourth-order valence-electron chi connectivity index (χ4n) is 3.63. The predicted octanol–water partition coefficient (Wildman–Crippen LogP) is 5.93. The lowest BCUT2D eigenvalue weighted by Crippen LogP contribution is -2.19. The summed E-state index contributed by atoms with van der Waals surface area (Å²) in [6.45, 7) is 0. The SMILES string of the molecule is N#CC1=C(N)OC2=C(CC/C2=C/c2ccc(Cl)cc2)[C@H]1c1ccc(Cl)cc1. The van der Waals surface area contributed by atoms with Gasteiger partial charge in [0.2, 0.25) is 5.88 Å². The zero-order valence-corrected chi connectivity index (χ0v) is 15.9. The van der Waals surface area contributed by atoms with Crippen molar-refractivity contribution in [1.29, 1.82) is 5.26 Å². The fourth-order valence-corrected chi connectivity index (χ4v) is 3.88. The van der Waals surface area contributed by atoms with Crippen LogP contribution >= 0.6 is 23.2 Å². The number of hydrogen-bond donors (Lipinski definition) is 1. The van der Waals surface area contributed by atoms with Gasteiger partial charge < -0.3 is 10.5 Å². The van der Waals surface area contributed by atoms with Crippen molar-refractivity contribution in [1.82, 2.24) is 0 Å². The molecule has 0 bridgehead atoms. The summed E-state index contributed by atoms with van der Waals surface area (Å²) in [5.74, 6) is 0.744. The summed E-state index contributed by atoms with van der Waals surface area (Å²) in [6, 6.07) is 17.4. The molecule has 1 heterocycles. The molecule has 0 saturated carbocycles. The standard InChI is InChI=1S/C22H16Cl2N2O/c23-16-6-1-13(2-7-16)11-15-5-10-18-20(14-3-8-17(24)9-4-14)19(12-25)22(26)27-21(15)18/h1-4,6-9,11,20H,5,10,26H2/b15-11-/t20-/m1/s1. The Morgan fingerprint density at radius 1 is 1.00 bits per heavy atom. The Hall–Kier alpha value is -2.67. The highest BCUT2D eigenvalue weighted by Gasteiger charge is 2.36. The van der Waals surface area contributed by atoms with Crippen LogP contribution in [0.1, 0.15) is 29.9 Å². The smallest absolute Gasteiger partial charge is 0.205 e. The molecule has 2 N–H and O–H groups in total. The van der Waals surface area contributed by atoms with E-state index in [9.17, 15) is 5.26 Å². The average molecular weight is 395 g/mol. The van der Waals surface area contributed by atoms with Crippen LogP contribution in [0.15, 0.2) is 76.9 Å². The number of nitriles is 1. The molecule has 0 unspecified atom stereocenters. The zero-order chi connectivity index (χ0) is 19.0. The Labute approximate surface area is 168 Å². The maximum Gasteiger partial charge on any atom is 0.205 e. The maximum absolute atomic E-state index is 9.65. The van der Waals surface area contributed by atoms with Crippen LogP contribution in [0.2, 0.25) is 10.0 Å². The fraction of sp³-hybridized carbons (Fsp3) is 0.136. The summed E-state index contributed by atoms with van der Waals surface area (Å²) in [4.78, 5) is 0. The molecular weight excluding hydrogens is 379 g/mol. The average Bonchev–Trinajstić information content (AvgIpc) is 3.05. The van der Waals surface area contributed by atoms with E-state index < -0.39 is 0 Å². The first-order valence-electron chi connectivity index (χ1n) is 8.59. The zero-order valence-electron chi connectivity index (χ0n) is 14.4. The first kappa shape index (κ1) is 17.7. The molecule has 0 radical (unpaired) electrons. The van der Waals surface area contributed by atoms with Crippen molar-refractivity contribution in [2.24, 2.45) is 5.73 Å². The molecule has 5 heteroatoms. The predicted molar refractivity (Wildman–Crippen MR) is 108 cm³/mol. The van der Waals surface area contributed by atoms with Gasteiger partial charge in [-0.1, -0.05) is 47.5 Å². The molecule has 0 amide bonds. The van der Waals surface area contributed by atoms with E-state index in [-0.39, 0.29) is 11.8 Å². The molecule has 0 fully saturated rings.